The van der Waals surface area contributed by atoms with Gasteiger partial charge >= 0.3 is 0 Å². The first kappa shape index (κ1) is 13.2. The van der Waals surface area contributed by atoms with Crippen LogP contribution in [0.15, 0.2) is 10.9 Å². The molecular formula is C5H8Cl2O4S2. The Bertz CT molecular complexity index is 381. The second-order valence-electron chi connectivity index (χ2n) is 2.22. The Kier molecular flexibility index (Phi) is 4.71. The Hall–Kier alpha value is 0.220. The van der Waals surface area contributed by atoms with E-state index < -0.39 is 34.9 Å². The van der Waals surface area contributed by atoms with Crippen LogP contribution in [0.5, 0.6) is 0 Å². The molecule has 0 radical (unpaired) electrons. The van der Waals surface area contributed by atoms with E-state index in [0.717, 1.165) is 0 Å². The third-order valence-electron chi connectivity index (χ3n) is 1.06. The van der Waals surface area contributed by atoms with E-state index in [1.165, 1.54) is 0 Å². The summed E-state index contributed by atoms with van der Waals surface area (Å²) in [6.07, 6.45) is 0. The highest BCUT2D eigenvalue weighted by Crippen LogP contribution is 2.12. The van der Waals surface area contributed by atoms with Crippen molar-refractivity contribution >= 4 is 42.9 Å². The Balaban J connectivity index is 4.75. The molecule has 0 rings (SSSR count). The van der Waals surface area contributed by atoms with Crippen LogP contribution in [0.1, 0.15) is 0 Å². The summed E-state index contributed by atoms with van der Waals surface area (Å²) in [5.41, 5.74) is 0. The first-order valence-electron chi connectivity index (χ1n) is 3.05. The van der Waals surface area contributed by atoms with Crippen LogP contribution in [0.4, 0.5) is 0 Å². The van der Waals surface area contributed by atoms with E-state index in [0.29, 0.717) is 0 Å². The molecule has 78 valence electrons. The molecule has 0 spiro atoms. The van der Waals surface area contributed by atoms with Gasteiger partial charge in [-0.3, -0.25) is 0 Å². The summed E-state index contributed by atoms with van der Waals surface area (Å²) in [7, 11) is -7.65. The van der Waals surface area contributed by atoms with Crippen molar-refractivity contribution in [3.63, 3.8) is 0 Å². The zero-order valence-corrected chi connectivity index (χ0v) is 9.68. The van der Waals surface area contributed by atoms with E-state index in [2.05, 4.69) is 6.58 Å². The van der Waals surface area contributed by atoms with Crippen molar-refractivity contribution < 1.29 is 16.8 Å². The van der Waals surface area contributed by atoms with Crippen LogP contribution in [-0.2, 0) is 19.7 Å². The highest BCUT2D eigenvalue weighted by Gasteiger charge is 2.23. The maximum Gasteiger partial charge on any atom is 0.202 e. The molecule has 0 aromatic carbocycles. The number of alkyl halides is 1. The van der Waals surface area contributed by atoms with Crippen LogP contribution in [-0.4, -0.2) is 33.6 Å². The van der Waals surface area contributed by atoms with Crippen molar-refractivity contribution in [2.45, 2.75) is 0 Å². The molecule has 0 aliphatic heterocycles. The minimum absolute atomic E-state index is 0.146. The van der Waals surface area contributed by atoms with Gasteiger partial charge in [0.05, 0.1) is 5.75 Å². The van der Waals surface area contributed by atoms with Gasteiger partial charge in [-0.2, -0.15) is 0 Å². The Morgan fingerprint density at radius 3 is 2.00 bits per heavy atom. The van der Waals surface area contributed by atoms with E-state index in [1.54, 1.807) is 0 Å². The lowest BCUT2D eigenvalue weighted by atomic mass is 11.0. The molecule has 4 nitrogen and oxygen atoms in total. The van der Waals surface area contributed by atoms with Crippen molar-refractivity contribution in [2.75, 3.05) is 16.7 Å². The molecule has 13 heavy (non-hydrogen) atoms. The van der Waals surface area contributed by atoms with Crippen molar-refractivity contribution in [1.82, 2.24) is 0 Å². The van der Waals surface area contributed by atoms with Crippen LogP contribution in [0, 0.1) is 0 Å². The Labute approximate surface area is 87.4 Å². The van der Waals surface area contributed by atoms with Crippen molar-refractivity contribution in [1.29, 1.82) is 0 Å². The van der Waals surface area contributed by atoms with E-state index in [9.17, 15) is 16.8 Å². The highest BCUT2D eigenvalue weighted by molar-refractivity contribution is 8.10. The van der Waals surface area contributed by atoms with E-state index in [-0.39, 0.29) is 5.88 Å². The molecule has 0 aliphatic rings. The molecule has 0 aromatic rings. The van der Waals surface area contributed by atoms with Crippen LogP contribution < -0.4 is 0 Å². The van der Waals surface area contributed by atoms with Crippen LogP contribution >= 0.6 is 23.2 Å². The molecular weight excluding hydrogens is 259 g/mol. The monoisotopic (exact) mass is 266 g/mol. The van der Waals surface area contributed by atoms with Crippen LogP contribution in [0.3, 0.4) is 0 Å². The van der Waals surface area contributed by atoms with Gasteiger partial charge in [0, 0.05) is 5.88 Å². The molecule has 0 aliphatic carbocycles. The van der Waals surface area contributed by atoms with E-state index in [1.807, 2.05) is 0 Å². The quantitative estimate of drug-likeness (QED) is 0.688. The summed E-state index contributed by atoms with van der Waals surface area (Å²) in [4.78, 5) is 0. The molecule has 0 aromatic heterocycles. The highest BCUT2D eigenvalue weighted by atomic mass is 35.5. The fourth-order valence-corrected chi connectivity index (χ4v) is 4.69. The molecule has 0 saturated heterocycles. The third-order valence-corrected chi connectivity index (χ3v) is 6.36. The van der Waals surface area contributed by atoms with Gasteiger partial charge in [-0.15, -0.1) is 11.6 Å². The molecule has 0 bridgehead atoms. The fourth-order valence-electron chi connectivity index (χ4n) is 0.477. The predicted molar refractivity (Wildman–Crippen MR) is 53.3 cm³/mol. The minimum Gasteiger partial charge on any atom is -0.228 e. The summed E-state index contributed by atoms with van der Waals surface area (Å²) in [5, 5.41) is -1.03. The van der Waals surface area contributed by atoms with Gasteiger partial charge in [0.25, 0.3) is 0 Å². The van der Waals surface area contributed by atoms with Gasteiger partial charge in [0.2, 0.25) is 9.84 Å². The lowest BCUT2D eigenvalue weighted by Gasteiger charge is -2.01. The average molecular weight is 267 g/mol. The molecule has 0 amide bonds. The maximum absolute atomic E-state index is 11.0. The SMILES string of the molecule is C=C(Cl)S(=O)(=O)CS(=O)(=O)CCCl. The van der Waals surface area contributed by atoms with E-state index in [4.69, 9.17) is 23.2 Å². The number of hydrogen-bond acceptors (Lipinski definition) is 4. The fraction of sp³-hybridized carbons (Fsp3) is 0.600. The van der Waals surface area contributed by atoms with Crippen LogP contribution in [0.25, 0.3) is 0 Å². The normalized spacial score (nSPS) is 12.8. The molecule has 0 fully saturated rings. The van der Waals surface area contributed by atoms with E-state index >= 15 is 0 Å². The average Bonchev–Trinajstić information content (AvgIpc) is 1.83. The summed E-state index contributed by atoms with van der Waals surface area (Å²) in [6, 6.07) is 0. The molecule has 0 saturated carbocycles. The largest absolute Gasteiger partial charge is 0.228 e. The standard InChI is InChI=1S/C5H8Cl2O4S2/c1-5(7)13(10,11)4-12(8,9)3-2-6/h1-4H2. The number of rotatable bonds is 5. The zero-order valence-electron chi connectivity index (χ0n) is 6.53. The second-order valence-corrected chi connectivity index (χ2v) is 7.84. The third kappa shape index (κ3) is 4.85. The molecule has 0 heterocycles. The summed E-state index contributed by atoms with van der Waals surface area (Å²) in [6.45, 7) is 2.95. The minimum atomic E-state index is -3.95. The zero-order chi connectivity index (χ0) is 10.7. The van der Waals surface area contributed by atoms with Crippen LogP contribution in [0.2, 0.25) is 0 Å². The number of hydrogen-bond donors (Lipinski definition) is 0. The summed E-state index contributed by atoms with van der Waals surface area (Å²) in [5.74, 6) is -0.537. The number of halogens is 2. The topological polar surface area (TPSA) is 68.3 Å². The Morgan fingerprint density at radius 2 is 1.69 bits per heavy atom. The van der Waals surface area contributed by atoms with Gasteiger partial charge in [-0.25, -0.2) is 16.8 Å². The summed E-state index contributed by atoms with van der Waals surface area (Å²) < 4.78 is 43.2. The lowest BCUT2D eigenvalue weighted by molar-refractivity contribution is 0.593. The maximum atomic E-state index is 11.0. The van der Waals surface area contributed by atoms with Crippen molar-refractivity contribution in [2.24, 2.45) is 0 Å². The summed E-state index contributed by atoms with van der Waals surface area (Å²) >= 11 is 10.3. The lowest BCUT2D eigenvalue weighted by Crippen LogP contribution is -2.19. The van der Waals surface area contributed by atoms with Gasteiger partial charge in [0.15, 0.2) is 14.9 Å². The van der Waals surface area contributed by atoms with Gasteiger partial charge in [-0.1, -0.05) is 18.2 Å². The molecule has 8 heteroatoms. The molecule has 0 N–H and O–H groups in total. The first-order chi connectivity index (χ1) is 5.71. The number of sulfone groups is 2. The molecule has 0 unspecified atom stereocenters. The van der Waals surface area contributed by atoms with Gasteiger partial charge in [-0.05, 0) is 0 Å². The van der Waals surface area contributed by atoms with Crippen molar-refractivity contribution in [3.8, 4) is 0 Å². The van der Waals surface area contributed by atoms with Crippen molar-refractivity contribution in [3.05, 3.63) is 10.9 Å². The second kappa shape index (κ2) is 4.63. The predicted octanol–water partition coefficient (Wildman–Crippen LogP) is 0.722. The Morgan fingerprint density at radius 1 is 1.23 bits per heavy atom. The molecule has 0 atom stereocenters. The van der Waals surface area contributed by atoms with Gasteiger partial charge in [0.1, 0.15) is 4.36 Å². The first-order valence-corrected chi connectivity index (χ1v) is 7.43. The smallest absolute Gasteiger partial charge is 0.202 e. The van der Waals surface area contributed by atoms with Gasteiger partial charge < -0.3 is 0 Å².